The zero-order chi connectivity index (χ0) is 15.2. The van der Waals surface area contributed by atoms with Gasteiger partial charge in [-0.2, -0.15) is 0 Å². The van der Waals surface area contributed by atoms with Gasteiger partial charge in [0, 0.05) is 18.2 Å². The van der Waals surface area contributed by atoms with Crippen molar-refractivity contribution >= 4 is 5.91 Å². The molecule has 0 saturated carbocycles. The summed E-state index contributed by atoms with van der Waals surface area (Å²) < 4.78 is 10.5. The predicted molar refractivity (Wildman–Crippen MR) is 76.0 cm³/mol. The third-order valence-electron chi connectivity index (χ3n) is 2.72. The van der Waals surface area contributed by atoms with E-state index in [1.807, 2.05) is 6.92 Å². The van der Waals surface area contributed by atoms with Gasteiger partial charge in [0.05, 0.1) is 6.10 Å². The second kappa shape index (κ2) is 6.90. The van der Waals surface area contributed by atoms with Crippen LogP contribution in [0.3, 0.4) is 0 Å². The number of carbonyl (C=O) groups excluding carboxylic acids is 1. The first kappa shape index (κ1) is 15.1. The number of hydrogen-bond acceptors (Lipinski definition) is 5. The van der Waals surface area contributed by atoms with Gasteiger partial charge in [0.25, 0.3) is 5.91 Å². The van der Waals surface area contributed by atoms with E-state index in [0.29, 0.717) is 17.0 Å². The Bertz CT molecular complexity index is 607. The first-order valence-electron chi connectivity index (χ1n) is 6.66. The maximum Gasteiger partial charge on any atom is 0.251 e. The summed E-state index contributed by atoms with van der Waals surface area (Å²) in [7, 11) is 0. The first-order valence-corrected chi connectivity index (χ1v) is 6.66. The van der Waals surface area contributed by atoms with Crippen LogP contribution in [0, 0.1) is 6.92 Å². The Morgan fingerprint density at radius 1 is 1.48 bits per heavy atom. The third-order valence-corrected chi connectivity index (χ3v) is 2.72. The smallest absolute Gasteiger partial charge is 0.251 e. The van der Waals surface area contributed by atoms with Gasteiger partial charge in [-0.1, -0.05) is 11.2 Å². The number of carbonyl (C=O) groups is 1. The number of nitrogens with zero attached hydrogens (tertiary/aromatic N) is 1. The molecule has 6 heteroatoms. The largest absolute Gasteiger partial charge is 0.487 e. The van der Waals surface area contributed by atoms with Gasteiger partial charge >= 0.3 is 0 Å². The minimum atomic E-state index is -0.580. The summed E-state index contributed by atoms with van der Waals surface area (Å²) in [4.78, 5) is 11.9. The lowest BCUT2D eigenvalue weighted by atomic mass is 10.2. The normalized spacial score (nSPS) is 12.0. The highest BCUT2D eigenvalue weighted by molar-refractivity contribution is 5.94. The fraction of sp³-hybridized carbons (Fsp3) is 0.333. The number of aryl methyl sites for hydroxylation is 1. The molecule has 0 aliphatic heterocycles. The van der Waals surface area contributed by atoms with Crippen LogP contribution in [0.2, 0.25) is 0 Å². The van der Waals surface area contributed by atoms with Crippen LogP contribution in [0.5, 0.6) is 5.75 Å². The lowest BCUT2D eigenvalue weighted by Crippen LogP contribution is -2.30. The molecule has 1 heterocycles. The monoisotopic (exact) mass is 290 g/mol. The predicted octanol–water partition coefficient (Wildman–Crippen LogP) is 1.67. The molecule has 0 radical (unpaired) electrons. The molecule has 1 unspecified atom stereocenters. The molecule has 2 aromatic rings. The van der Waals surface area contributed by atoms with Gasteiger partial charge in [0.1, 0.15) is 23.8 Å². The zero-order valence-electron chi connectivity index (χ0n) is 12.0. The van der Waals surface area contributed by atoms with Gasteiger partial charge in [-0.25, -0.2) is 0 Å². The average molecular weight is 290 g/mol. The van der Waals surface area contributed by atoms with Crippen LogP contribution in [0.1, 0.15) is 28.7 Å². The highest BCUT2D eigenvalue weighted by Crippen LogP contribution is 2.15. The molecule has 1 aromatic carbocycles. The van der Waals surface area contributed by atoms with Crippen molar-refractivity contribution in [2.75, 3.05) is 6.54 Å². The summed E-state index contributed by atoms with van der Waals surface area (Å²) >= 11 is 0. The lowest BCUT2D eigenvalue weighted by Gasteiger charge is -2.09. The van der Waals surface area contributed by atoms with E-state index in [-0.39, 0.29) is 19.1 Å². The molecule has 0 saturated heterocycles. The summed E-state index contributed by atoms with van der Waals surface area (Å²) in [5.74, 6) is 1.04. The van der Waals surface area contributed by atoms with E-state index in [2.05, 4.69) is 10.5 Å². The van der Waals surface area contributed by atoms with Crippen LogP contribution < -0.4 is 10.1 Å². The van der Waals surface area contributed by atoms with Gasteiger partial charge in [-0.3, -0.25) is 4.79 Å². The van der Waals surface area contributed by atoms with Crippen molar-refractivity contribution in [1.82, 2.24) is 10.5 Å². The molecule has 2 rings (SSSR count). The summed E-state index contributed by atoms with van der Waals surface area (Å²) in [5, 5.41) is 15.6. The topological polar surface area (TPSA) is 84.6 Å². The van der Waals surface area contributed by atoms with Crippen molar-refractivity contribution in [2.24, 2.45) is 0 Å². The van der Waals surface area contributed by atoms with E-state index >= 15 is 0 Å². The Labute approximate surface area is 122 Å². The van der Waals surface area contributed by atoms with Crippen LogP contribution >= 0.6 is 0 Å². The van der Waals surface area contributed by atoms with E-state index in [1.165, 1.54) is 0 Å². The Balaban J connectivity index is 1.95. The average Bonchev–Trinajstić information content (AvgIpc) is 2.88. The molecule has 0 bridgehead atoms. The second-order valence-electron chi connectivity index (χ2n) is 4.80. The van der Waals surface area contributed by atoms with E-state index in [4.69, 9.17) is 14.4 Å². The molecular formula is C15H18N2O4. The van der Waals surface area contributed by atoms with Crippen molar-refractivity contribution in [3.63, 3.8) is 0 Å². The molecule has 112 valence electrons. The number of ether oxygens (including phenoxy) is 1. The van der Waals surface area contributed by atoms with Gasteiger partial charge in [-0.15, -0.1) is 0 Å². The summed E-state index contributed by atoms with van der Waals surface area (Å²) in [6, 6.07) is 8.62. The van der Waals surface area contributed by atoms with Crippen molar-refractivity contribution in [3.8, 4) is 5.75 Å². The minimum absolute atomic E-state index is 0.210. The summed E-state index contributed by atoms with van der Waals surface area (Å²) in [6.45, 7) is 3.90. The standard InChI is InChI=1S/C15H18N2O4/c1-10(18)8-16-15(19)12-4-3-5-14(7-12)20-9-13-6-11(2)21-17-13/h3-7,10,18H,8-9H2,1-2H3,(H,16,19). The van der Waals surface area contributed by atoms with Gasteiger partial charge < -0.3 is 19.7 Å². The Morgan fingerprint density at radius 3 is 2.95 bits per heavy atom. The van der Waals surface area contributed by atoms with Gasteiger partial charge in [0.2, 0.25) is 0 Å². The summed E-state index contributed by atoms with van der Waals surface area (Å²) in [5.41, 5.74) is 1.17. The van der Waals surface area contributed by atoms with Crippen LogP contribution in [0.4, 0.5) is 0 Å². The molecule has 1 atom stereocenters. The second-order valence-corrected chi connectivity index (χ2v) is 4.80. The maximum absolute atomic E-state index is 11.9. The van der Waals surface area contributed by atoms with Gasteiger partial charge in [-0.05, 0) is 32.0 Å². The molecule has 6 nitrogen and oxygen atoms in total. The number of aromatic nitrogens is 1. The van der Waals surface area contributed by atoms with E-state index in [0.717, 1.165) is 5.76 Å². The molecule has 1 aromatic heterocycles. The lowest BCUT2D eigenvalue weighted by molar-refractivity contribution is 0.0923. The van der Waals surface area contributed by atoms with E-state index in [9.17, 15) is 4.79 Å². The van der Waals surface area contributed by atoms with Crippen molar-refractivity contribution in [3.05, 3.63) is 47.3 Å². The van der Waals surface area contributed by atoms with Crippen molar-refractivity contribution in [2.45, 2.75) is 26.6 Å². The molecular weight excluding hydrogens is 272 g/mol. The van der Waals surface area contributed by atoms with Crippen LogP contribution in [-0.4, -0.2) is 28.8 Å². The molecule has 1 amide bonds. The number of aliphatic hydroxyl groups excluding tert-OH is 1. The molecule has 0 aliphatic rings. The van der Waals surface area contributed by atoms with Crippen molar-refractivity contribution in [1.29, 1.82) is 0 Å². The minimum Gasteiger partial charge on any atom is -0.487 e. The number of benzene rings is 1. The first-order chi connectivity index (χ1) is 10.0. The zero-order valence-corrected chi connectivity index (χ0v) is 12.0. The van der Waals surface area contributed by atoms with Crippen LogP contribution in [-0.2, 0) is 6.61 Å². The van der Waals surface area contributed by atoms with E-state index < -0.39 is 6.10 Å². The number of amides is 1. The highest BCUT2D eigenvalue weighted by atomic mass is 16.5. The fourth-order valence-electron chi connectivity index (χ4n) is 1.71. The maximum atomic E-state index is 11.9. The molecule has 2 N–H and O–H groups in total. The van der Waals surface area contributed by atoms with Crippen LogP contribution in [0.25, 0.3) is 0 Å². The molecule has 21 heavy (non-hydrogen) atoms. The number of hydrogen-bond donors (Lipinski definition) is 2. The molecule has 0 fully saturated rings. The van der Waals surface area contributed by atoms with Crippen molar-refractivity contribution < 1.29 is 19.2 Å². The molecule has 0 aliphatic carbocycles. The third kappa shape index (κ3) is 4.61. The number of rotatable bonds is 6. The van der Waals surface area contributed by atoms with Gasteiger partial charge in [0.15, 0.2) is 0 Å². The quantitative estimate of drug-likeness (QED) is 0.845. The SMILES string of the molecule is Cc1cc(COc2cccc(C(=O)NCC(C)O)c2)no1. The number of aliphatic hydroxyl groups is 1. The Morgan fingerprint density at radius 2 is 2.29 bits per heavy atom. The Hall–Kier alpha value is -2.34. The highest BCUT2D eigenvalue weighted by Gasteiger charge is 2.08. The number of nitrogens with one attached hydrogen (secondary N) is 1. The molecule has 0 spiro atoms. The summed E-state index contributed by atoms with van der Waals surface area (Å²) in [6.07, 6.45) is -0.580. The van der Waals surface area contributed by atoms with E-state index in [1.54, 1.807) is 37.3 Å². The van der Waals surface area contributed by atoms with Crippen LogP contribution in [0.15, 0.2) is 34.9 Å². The fourth-order valence-corrected chi connectivity index (χ4v) is 1.71. The Kier molecular flexibility index (Phi) is 4.94.